The Hall–Kier alpha value is -3.31. The van der Waals surface area contributed by atoms with Crippen LogP contribution < -0.4 is 5.73 Å². The van der Waals surface area contributed by atoms with E-state index in [-0.39, 0.29) is 0 Å². The number of esters is 2. The first-order chi connectivity index (χ1) is 14.5. The Morgan fingerprint density at radius 2 is 1.38 bits per heavy atom. The molecule has 0 aromatic rings. The van der Waals surface area contributed by atoms with Gasteiger partial charge in [0.25, 0.3) is 0 Å². The lowest BCUT2D eigenvalue weighted by molar-refractivity contribution is -0.191. The Bertz CT molecular complexity index is 881. The third kappa shape index (κ3) is 8.82. The zero-order valence-corrected chi connectivity index (χ0v) is 17.3. The number of carbonyl (C=O) groups excluding carboxylic acids is 3. The first-order valence-corrected chi connectivity index (χ1v) is 9.95. The molecule has 182 valence electrons. The van der Waals surface area contributed by atoms with Crippen LogP contribution in [0, 0.1) is 0 Å². The highest BCUT2D eigenvalue weighted by Crippen LogP contribution is 2.27. The smallest absolute Gasteiger partial charge is 0.349 e. The molecule has 16 nitrogen and oxygen atoms in total. The number of aliphatic hydroxyl groups is 1. The van der Waals surface area contributed by atoms with Gasteiger partial charge in [-0.05, 0) is 0 Å². The molecule has 0 aliphatic rings. The summed E-state index contributed by atoms with van der Waals surface area (Å²) in [4.78, 5) is 69.5. The molecule has 0 saturated heterocycles. The van der Waals surface area contributed by atoms with E-state index in [1.807, 2.05) is 0 Å². The number of hydrogen-bond donors (Lipinski definition) is 5. The van der Waals surface area contributed by atoms with Crippen LogP contribution in [0.5, 0.6) is 0 Å². The predicted octanol–water partition coefficient (Wildman–Crippen LogP) is -3.18. The minimum absolute atomic E-state index is 0.464. The maximum absolute atomic E-state index is 12.2. The Morgan fingerprint density at radius 1 is 0.844 bits per heavy atom. The molecule has 0 aliphatic carbocycles. The van der Waals surface area contributed by atoms with Crippen LogP contribution in [0.1, 0.15) is 25.7 Å². The fourth-order valence-corrected chi connectivity index (χ4v) is 2.90. The summed E-state index contributed by atoms with van der Waals surface area (Å²) < 4.78 is 36.0. The van der Waals surface area contributed by atoms with E-state index in [0.717, 1.165) is 7.11 Å². The number of carboxylic acid groups (broad SMARTS) is 3. The molecule has 6 N–H and O–H groups in total. The van der Waals surface area contributed by atoms with E-state index in [1.54, 1.807) is 0 Å². The topological polar surface area (TPSA) is 271 Å². The quantitative estimate of drug-likeness (QED) is 0.119. The lowest BCUT2D eigenvalue weighted by atomic mass is 9.93. The summed E-state index contributed by atoms with van der Waals surface area (Å²) in [5.41, 5.74) is -1.36. The van der Waals surface area contributed by atoms with E-state index in [2.05, 4.69) is 13.7 Å². The van der Waals surface area contributed by atoms with Gasteiger partial charge in [-0.15, -0.1) is 0 Å². The summed E-state index contributed by atoms with van der Waals surface area (Å²) in [6.45, 7) is -0.464. The molecule has 0 spiro atoms. The molecule has 0 heterocycles. The predicted molar refractivity (Wildman–Crippen MR) is 96.1 cm³/mol. The van der Waals surface area contributed by atoms with Gasteiger partial charge in [0.15, 0.2) is 5.60 Å². The first kappa shape index (κ1) is 28.7. The zero-order valence-electron chi connectivity index (χ0n) is 16.5. The van der Waals surface area contributed by atoms with Gasteiger partial charge in [-0.3, -0.25) is 19.2 Å². The standard InChI is InChI=1S/C15H21NO15S/c1-29-9(19)6-15(13(24)25,7-11(21)31-32(27,28)3-2-16)30-10(20)5-14(26,12(22)23)4-8(17)18/h26H,2-7,16H2,1H3,(H,17,18)(H,22,23)(H,24,25). The Kier molecular flexibility index (Phi) is 10.2. The van der Waals surface area contributed by atoms with Gasteiger partial charge < -0.3 is 39.8 Å². The average molecular weight is 487 g/mol. The Morgan fingerprint density at radius 3 is 1.78 bits per heavy atom. The Labute approximate surface area is 180 Å². The van der Waals surface area contributed by atoms with E-state index in [9.17, 15) is 47.4 Å². The second-order valence-electron chi connectivity index (χ2n) is 6.29. The fraction of sp³-hybridized carbons (Fsp3) is 0.600. The minimum atomic E-state index is -4.55. The van der Waals surface area contributed by atoms with E-state index < -0.39 is 95.1 Å². The van der Waals surface area contributed by atoms with Crippen LogP contribution in [0.2, 0.25) is 0 Å². The monoisotopic (exact) mass is 487 g/mol. The number of methoxy groups -OCH3 is 1. The minimum Gasteiger partial charge on any atom is -0.481 e. The molecule has 0 aromatic carbocycles. The van der Waals surface area contributed by atoms with E-state index >= 15 is 0 Å². The van der Waals surface area contributed by atoms with E-state index in [1.165, 1.54) is 0 Å². The summed E-state index contributed by atoms with van der Waals surface area (Å²) in [6, 6.07) is 0. The third-order valence-electron chi connectivity index (χ3n) is 3.65. The molecule has 0 aliphatic heterocycles. The van der Waals surface area contributed by atoms with Crippen LogP contribution in [-0.2, 0) is 52.5 Å². The number of carboxylic acids is 3. The summed E-state index contributed by atoms with van der Waals surface area (Å²) >= 11 is 0. The van der Waals surface area contributed by atoms with Crippen molar-refractivity contribution in [3.8, 4) is 0 Å². The van der Waals surface area contributed by atoms with Crippen molar-refractivity contribution in [1.82, 2.24) is 0 Å². The van der Waals surface area contributed by atoms with Crippen LogP contribution in [0.25, 0.3) is 0 Å². The number of hydrogen-bond acceptors (Lipinski definition) is 13. The van der Waals surface area contributed by atoms with E-state index in [4.69, 9.17) is 15.9 Å². The number of ether oxygens (including phenoxy) is 2. The largest absolute Gasteiger partial charge is 0.481 e. The highest BCUT2D eigenvalue weighted by Gasteiger charge is 2.50. The van der Waals surface area contributed by atoms with Crippen molar-refractivity contribution in [3.05, 3.63) is 0 Å². The van der Waals surface area contributed by atoms with Crippen molar-refractivity contribution >= 4 is 45.9 Å². The lowest BCUT2D eigenvalue weighted by Gasteiger charge is -2.29. The number of carbonyl (C=O) groups is 6. The fourth-order valence-electron chi connectivity index (χ4n) is 2.18. The van der Waals surface area contributed by atoms with Gasteiger partial charge in [-0.1, -0.05) is 0 Å². The number of nitrogens with two attached hydrogens (primary N) is 1. The molecule has 0 saturated carbocycles. The van der Waals surface area contributed by atoms with Crippen molar-refractivity contribution < 1.29 is 71.3 Å². The van der Waals surface area contributed by atoms with Crippen LogP contribution in [0.15, 0.2) is 0 Å². The summed E-state index contributed by atoms with van der Waals surface area (Å²) in [7, 11) is -3.75. The van der Waals surface area contributed by atoms with Gasteiger partial charge in [0, 0.05) is 6.54 Å². The molecule has 0 amide bonds. The van der Waals surface area contributed by atoms with Crippen molar-refractivity contribution in [3.63, 3.8) is 0 Å². The first-order valence-electron chi connectivity index (χ1n) is 8.37. The highest BCUT2D eigenvalue weighted by atomic mass is 32.2. The zero-order chi connectivity index (χ0) is 25.3. The average Bonchev–Trinajstić information content (AvgIpc) is 2.59. The second-order valence-corrected chi connectivity index (χ2v) is 7.98. The van der Waals surface area contributed by atoms with Crippen molar-refractivity contribution in [2.75, 3.05) is 19.4 Å². The molecule has 0 aromatic heterocycles. The number of aliphatic carboxylic acids is 3. The van der Waals surface area contributed by atoms with Crippen molar-refractivity contribution in [1.29, 1.82) is 0 Å². The molecule has 0 fully saturated rings. The van der Waals surface area contributed by atoms with E-state index in [0.29, 0.717) is 0 Å². The summed E-state index contributed by atoms with van der Waals surface area (Å²) in [6.07, 6.45) is -6.02. The summed E-state index contributed by atoms with van der Waals surface area (Å²) in [5, 5.41) is 37.0. The molecular weight excluding hydrogens is 466 g/mol. The Balaban J connectivity index is 5.98. The van der Waals surface area contributed by atoms with Crippen molar-refractivity contribution in [2.45, 2.75) is 36.9 Å². The van der Waals surface area contributed by atoms with Crippen molar-refractivity contribution in [2.24, 2.45) is 5.73 Å². The molecule has 17 heteroatoms. The molecule has 0 rings (SSSR count). The van der Waals surface area contributed by atoms with Crippen LogP contribution in [-0.4, -0.2) is 95.3 Å². The molecule has 2 atom stereocenters. The summed E-state index contributed by atoms with van der Waals surface area (Å²) in [5.74, 6) is -12.0. The highest BCUT2D eigenvalue weighted by molar-refractivity contribution is 7.87. The van der Waals surface area contributed by atoms with Crippen LogP contribution >= 0.6 is 0 Å². The maximum Gasteiger partial charge on any atom is 0.349 e. The van der Waals surface area contributed by atoms with Crippen LogP contribution in [0.3, 0.4) is 0 Å². The van der Waals surface area contributed by atoms with Gasteiger partial charge in [0.05, 0.1) is 38.5 Å². The van der Waals surface area contributed by atoms with Crippen LogP contribution in [0.4, 0.5) is 0 Å². The third-order valence-corrected chi connectivity index (χ3v) is 4.83. The second kappa shape index (κ2) is 11.3. The molecule has 0 bridgehead atoms. The molecule has 32 heavy (non-hydrogen) atoms. The SMILES string of the molecule is COC(=O)CC(CC(=O)OS(=O)(=O)CCN)(OC(=O)CC(O)(CC(=O)O)C(=O)O)C(=O)O. The molecule has 2 unspecified atom stereocenters. The van der Waals surface area contributed by atoms with Gasteiger partial charge in [-0.25, -0.2) is 9.59 Å². The van der Waals surface area contributed by atoms with Gasteiger partial charge in [0.2, 0.25) is 5.60 Å². The van der Waals surface area contributed by atoms with Gasteiger partial charge in [-0.2, -0.15) is 8.42 Å². The maximum atomic E-state index is 12.2. The normalized spacial score (nSPS) is 14.8. The number of rotatable bonds is 14. The lowest BCUT2D eigenvalue weighted by Crippen LogP contribution is -2.50. The van der Waals surface area contributed by atoms with Gasteiger partial charge >= 0.3 is 45.9 Å². The molecule has 0 radical (unpaired) electrons. The molecular formula is C15H21NO15S. The van der Waals surface area contributed by atoms with Gasteiger partial charge in [0.1, 0.15) is 0 Å².